The van der Waals surface area contributed by atoms with Crippen LogP contribution in [0.4, 0.5) is 0 Å². The molecule has 1 rings (SSSR count). The molecular weight excluding hydrogens is 212 g/mol. The normalized spacial score (nSPS) is 12.6. The highest BCUT2D eigenvalue weighted by Gasteiger charge is 2.26. The molecule has 0 aliphatic heterocycles. The van der Waals surface area contributed by atoms with Gasteiger partial charge in [0, 0.05) is 5.02 Å². The maximum atomic E-state index is 11.6. The van der Waals surface area contributed by atoms with Crippen molar-refractivity contribution in [1.82, 2.24) is 0 Å². The minimum absolute atomic E-state index is 0.164. The third-order valence-corrected chi connectivity index (χ3v) is 2.71. The standard InChI is InChI=1S/C12H15ClO2/c1-8(2)11(12(14)15-3)9-6-4-5-7-10(9)13/h4-8,11H,1-3H3. The second-order valence-corrected chi connectivity index (χ2v) is 4.17. The first-order chi connectivity index (χ1) is 7.07. The van der Waals surface area contributed by atoms with E-state index in [0.29, 0.717) is 5.02 Å². The summed E-state index contributed by atoms with van der Waals surface area (Å²) in [6.07, 6.45) is 0. The quantitative estimate of drug-likeness (QED) is 0.740. The second-order valence-electron chi connectivity index (χ2n) is 3.77. The molecule has 0 aliphatic rings. The monoisotopic (exact) mass is 226 g/mol. The van der Waals surface area contributed by atoms with E-state index in [0.717, 1.165) is 5.56 Å². The fourth-order valence-corrected chi connectivity index (χ4v) is 1.87. The first kappa shape index (κ1) is 12.1. The van der Waals surface area contributed by atoms with Crippen LogP contribution in [0.2, 0.25) is 5.02 Å². The van der Waals surface area contributed by atoms with E-state index in [9.17, 15) is 4.79 Å². The maximum absolute atomic E-state index is 11.6. The van der Waals surface area contributed by atoms with Gasteiger partial charge < -0.3 is 4.74 Å². The third-order valence-electron chi connectivity index (χ3n) is 2.36. The van der Waals surface area contributed by atoms with E-state index >= 15 is 0 Å². The molecule has 0 spiro atoms. The lowest BCUT2D eigenvalue weighted by atomic mass is 9.88. The van der Waals surface area contributed by atoms with Gasteiger partial charge in [-0.1, -0.05) is 43.6 Å². The van der Waals surface area contributed by atoms with Crippen LogP contribution >= 0.6 is 11.6 Å². The Labute approximate surface area is 95.2 Å². The van der Waals surface area contributed by atoms with Gasteiger partial charge in [-0.3, -0.25) is 4.79 Å². The lowest BCUT2D eigenvalue weighted by Crippen LogP contribution is -2.19. The summed E-state index contributed by atoms with van der Waals surface area (Å²) in [5, 5.41) is 0.613. The summed E-state index contributed by atoms with van der Waals surface area (Å²) in [5.74, 6) is -0.362. The lowest BCUT2D eigenvalue weighted by molar-refractivity contribution is -0.143. The molecule has 0 bridgehead atoms. The summed E-state index contributed by atoms with van der Waals surface area (Å²) in [4.78, 5) is 11.6. The average molecular weight is 227 g/mol. The Morgan fingerprint density at radius 2 is 1.93 bits per heavy atom. The predicted molar refractivity (Wildman–Crippen MR) is 61.0 cm³/mol. The van der Waals surface area contributed by atoms with Crippen LogP contribution in [0.15, 0.2) is 24.3 Å². The molecule has 0 radical (unpaired) electrons. The third kappa shape index (κ3) is 2.72. The molecule has 1 aromatic carbocycles. The molecule has 1 aromatic rings. The number of hydrogen-bond acceptors (Lipinski definition) is 2. The number of esters is 1. The molecule has 3 heteroatoms. The molecular formula is C12H15ClO2. The van der Waals surface area contributed by atoms with Gasteiger partial charge in [-0.05, 0) is 17.5 Å². The van der Waals surface area contributed by atoms with Gasteiger partial charge in [0.05, 0.1) is 13.0 Å². The van der Waals surface area contributed by atoms with E-state index in [2.05, 4.69) is 0 Å². The van der Waals surface area contributed by atoms with Gasteiger partial charge in [0.2, 0.25) is 0 Å². The van der Waals surface area contributed by atoms with Crippen molar-refractivity contribution in [1.29, 1.82) is 0 Å². The molecule has 0 heterocycles. The molecule has 82 valence electrons. The predicted octanol–water partition coefficient (Wildman–Crippen LogP) is 3.25. The van der Waals surface area contributed by atoms with Crippen LogP contribution in [-0.2, 0) is 9.53 Å². The van der Waals surface area contributed by atoms with Gasteiger partial charge in [-0.15, -0.1) is 0 Å². The Balaban J connectivity index is 3.10. The summed E-state index contributed by atoms with van der Waals surface area (Å²) >= 11 is 6.06. The van der Waals surface area contributed by atoms with Crippen LogP contribution in [0.25, 0.3) is 0 Å². The Morgan fingerprint density at radius 3 is 2.40 bits per heavy atom. The number of benzene rings is 1. The summed E-state index contributed by atoms with van der Waals surface area (Å²) < 4.78 is 4.79. The molecule has 0 aliphatic carbocycles. The molecule has 0 aromatic heterocycles. The van der Waals surface area contributed by atoms with Gasteiger partial charge in [-0.25, -0.2) is 0 Å². The number of carbonyl (C=O) groups excluding carboxylic acids is 1. The first-order valence-corrected chi connectivity index (χ1v) is 5.28. The maximum Gasteiger partial charge on any atom is 0.313 e. The van der Waals surface area contributed by atoms with Crippen molar-refractivity contribution < 1.29 is 9.53 Å². The van der Waals surface area contributed by atoms with Crippen molar-refractivity contribution in [3.63, 3.8) is 0 Å². The van der Waals surface area contributed by atoms with Crippen molar-refractivity contribution in [2.45, 2.75) is 19.8 Å². The van der Waals surface area contributed by atoms with E-state index in [1.807, 2.05) is 32.0 Å². The van der Waals surface area contributed by atoms with Crippen LogP contribution in [0.5, 0.6) is 0 Å². The van der Waals surface area contributed by atoms with Gasteiger partial charge >= 0.3 is 5.97 Å². The summed E-state index contributed by atoms with van der Waals surface area (Å²) in [6, 6.07) is 7.37. The zero-order chi connectivity index (χ0) is 11.4. The molecule has 2 nitrogen and oxygen atoms in total. The van der Waals surface area contributed by atoms with Crippen LogP contribution in [-0.4, -0.2) is 13.1 Å². The minimum atomic E-state index is -0.288. The van der Waals surface area contributed by atoms with E-state index in [1.165, 1.54) is 7.11 Å². The van der Waals surface area contributed by atoms with Crippen LogP contribution < -0.4 is 0 Å². The number of methoxy groups -OCH3 is 1. The summed E-state index contributed by atoms with van der Waals surface area (Å²) in [5.41, 5.74) is 0.834. The number of carbonyl (C=O) groups is 1. The van der Waals surface area contributed by atoms with Crippen molar-refractivity contribution >= 4 is 17.6 Å². The Bertz CT molecular complexity index is 347. The second kappa shape index (κ2) is 5.17. The highest BCUT2D eigenvalue weighted by atomic mass is 35.5. The topological polar surface area (TPSA) is 26.3 Å². The molecule has 0 saturated heterocycles. The van der Waals surface area contributed by atoms with Crippen molar-refractivity contribution in [2.75, 3.05) is 7.11 Å². The zero-order valence-corrected chi connectivity index (χ0v) is 9.91. The van der Waals surface area contributed by atoms with Gasteiger partial charge in [0.25, 0.3) is 0 Å². The molecule has 0 fully saturated rings. The van der Waals surface area contributed by atoms with E-state index < -0.39 is 0 Å². The first-order valence-electron chi connectivity index (χ1n) is 4.90. The number of halogens is 1. The summed E-state index contributed by atoms with van der Waals surface area (Å²) in [6.45, 7) is 3.95. The van der Waals surface area contributed by atoms with Crippen LogP contribution in [0, 0.1) is 5.92 Å². The average Bonchev–Trinajstić information content (AvgIpc) is 2.20. The molecule has 0 saturated carbocycles. The van der Waals surface area contributed by atoms with Gasteiger partial charge in [0.1, 0.15) is 0 Å². The highest BCUT2D eigenvalue weighted by molar-refractivity contribution is 6.31. The number of ether oxygens (including phenoxy) is 1. The molecule has 0 N–H and O–H groups in total. The SMILES string of the molecule is COC(=O)C(c1ccccc1Cl)C(C)C. The number of hydrogen-bond donors (Lipinski definition) is 0. The van der Waals surface area contributed by atoms with Crippen LogP contribution in [0.3, 0.4) is 0 Å². The molecule has 15 heavy (non-hydrogen) atoms. The minimum Gasteiger partial charge on any atom is -0.469 e. The Kier molecular flexibility index (Phi) is 4.15. The van der Waals surface area contributed by atoms with E-state index in [1.54, 1.807) is 6.07 Å². The zero-order valence-electron chi connectivity index (χ0n) is 9.16. The van der Waals surface area contributed by atoms with Gasteiger partial charge in [-0.2, -0.15) is 0 Å². The van der Waals surface area contributed by atoms with Crippen molar-refractivity contribution in [3.8, 4) is 0 Å². The van der Waals surface area contributed by atoms with E-state index in [-0.39, 0.29) is 17.8 Å². The molecule has 0 amide bonds. The van der Waals surface area contributed by atoms with Crippen molar-refractivity contribution in [3.05, 3.63) is 34.9 Å². The van der Waals surface area contributed by atoms with E-state index in [4.69, 9.17) is 16.3 Å². The molecule has 1 atom stereocenters. The van der Waals surface area contributed by atoms with Crippen molar-refractivity contribution in [2.24, 2.45) is 5.92 Å². The fourth-order valence-electron chi connectivity index (χ4n) is 1.61. The number of rotatable bonds is 3. The molecule has 1 unspecified atom stereocenters. The van der Waals surface area contributed by atoms with Crippen LogP contribution in [0.1, 0.15) is 25.3 Å². The Morgan fingerprint density at radius 1 is 1.33 bits per heavy atom. The lowest BCUT2D eigenvalue weighted by Gasteiger charge is -2.19. The largest absolute Gasteiger partial charge is 0.469 e. The summed E-state index contributed by atoms with van der Waals surface area (Å²) in [7, 11) is 1.40. The fraction of sp³-hybridized carbons (Fsp3) is 0.417. The smallest absolute Gasteiger partial charge is 0.313 e. The van der Waals surface area contributed by atoms with Gasteiger partial charge in [0.15, 0.2) is 0 Å². The Hall–Kier alpha value is -1.02. The highest BCUT2D eigenvalue weighted by Crippen LogP contribution is 2.30.